The molecule has 96 valence electrons. The van der Waals surface area contributed by atoms with Gasteiger partial charge in [-0.25, -0.2) is 4.98 Å². The van der Waals surface area contributed by atoms with Crippen molar-refractivity contribution in [1.82, 2.24) is 9.97 Å². The number of hydrogen-bond donors (Lipinski definition) is 2. The fraction of sp³-hybridized carbons (Fsp3) is 0.333. The Morgan fingerprint density at radius 2 is 2.17 bits per heavy atom. The molecule has 18 heavy (non-hydrogen) atoms. The second kappa shape index (κ2) is 6.15. The molecular weight excluding hydrogens is 312 g/mol. The fourth-order valence-electron chi connectivity index (χ4n) is 1.49. The minimum atomic E-state index is 0.644. The van der Waals surface area contributed by atoms with E-state index in [1.54, 1.807) is 17.5 Å². The van der Waals surface area contributed by atoms with Crippen LogP contribution in [0, 0.1) is 6.92 Å². The third-order valence-electron chi connectivity index (χ3n) is 2.31. The molecule has 2 N–H and O–H groups in total. The van der Waals surface area contributed by atoms with E-state index in [1.165, 1.54) is 9.75 Å². The number of hydrogen-bond acceptors (Lipinski definition) is 5. The molecule has 6 heteroatoms. The highest BCUT2D eigenvalue weighted by molar-refractivity contribution is 9.10. The quantitative estimate of drug-likeness (QED) is 0.880. The number of aromatic nitrogens is 2. The van der Waals surface area contributed by atoms with Crippen LogP contribution in [0.2, 0.25) is 0 Å². The molecule has 0 radical (unpaired) electrons. The lowest BCUT2D eigenvalue weighted by atomic mass is 10.4. The van der Waals surface area contributed by atoms with Crippen molar-refractivity contribution in [3.63, 3.8) is 0 Å². The van der Waals surface area contributed by atoms with Crippen molar-refractivity contribution in [3.8, 4) is 0 Å². The standard InChI is InChI=1S/C12H15BrN4S/c1-3-14-12-16-7-10(13)11(17-12)15-6-9-5-4-8(2)18-9/h4-5,7H,3,6H2,1-2H3,(H2,14,15,16,17). The van der Waals surface area contributed by atoms with Crippen LogP contribution in [0.4, 0.5) is 11.8 Å². The van der Waals surface area contributed by atoms with Gasteiger partial charge in [-0.05, 0) is 41.9 Å². The van der Waals surface area contributed by atoms with Crippen molar-refractivity contribution in [1.29, 1.82) is 0 Å². The number of nitrogens with zero attached hydrogens (tertiary/aromatic N) is 2. The summed E-state index contributed by atoms with van der Waals surface area (Å²) in [4.78, 5) is 11.2. The fourth-order valence-corrected chi connectivity index (χ4v) is 2.65. The van der Waals surface area contributed by atoms with E-state index in [9.17, 15) is 0 Å². The van der Waals surface area contributed by atoms with Crippen LogP contribution in [0.15, 0.2) is 22.8 Å². The van der Waals surface area contributed by atoms with E-state index in [-0.39, 0.29) is 0 Å². The lowest BCUT2D eigenvalue weighted by Gasteiger charge is -2.08. The summed E-state index contributed by atoms with van der Waals surface area (Å²) in [6.45, 7) is 5.72. The smallest absolute Gasteiger partial charge is 0.224 e. The molecule has 0 saturated heterocycles. The number of aryl methyl sites for hydroxylation is 1. The third kappa shape index (κ3) is 3.43. The van der Waals surface area contributed by atoms with Crippen molar-refractivity contribution in [2.24, 2.45) is 0 Å². The Bertz CT molecular complexity index is 527. The van der Waals surface area contributed by atoms with E-state index in [4.69, 9.17) is 0 Å². The van der Waals surface area contributed by atoms with Crippen LogP contribution < -0.4 is 10.6 Å². The van der Waals surface area contributed by atoms with E-state index >= 15 is 0 Å². The van der Waals surface area contributed by atoms with Crippen molar-refractivity contribution >= 4 is 39.0 Å². The maximum atomic E-state index is 4.41. The Balaban J connectivity index is 2.05. The minimum Gasteiger partial charge on any atom is -0.364 e. The monoisotopic (exact) mass is 326 g/mol. The Hall–Kier alpha value is -1.14. The second-order valence-corrected chi connectivity index (χ2v) is 6.01. The summed E-state index contributed by atoms with van der Waals surface area (Å²) >= 11 is 5.24. The largest absolute Gasteiger partial charge is 0.364 e. The van der Waals surface area contributed by atoms with Gasteiger partial charge in [0.1, 0.15) is 5.82 Å². The molecule has 2 aromatic rings. The molecule has 0 saturated carbocycles. The van der Waals surface area contributed by atoms with E-state index in [0.29, 0.717) is 5.95 Å². The highest BCUT2D eigenvalue weighted by Crippen LogP contribution is 2.22. The van der Waals surface area contributed by atoms with Gasteiger partial charge in [0.25, 0.3) is 0 Å². The average molecular weight is 327 g/mol. The third-order valence-corrected chi connectivity index (χ3v) is 3.89. The summed E-state index contributed by atoms with van der Waals surface area (Å²) in [5.41, 5.74) is 0. The van der Waals surface area contributed by atoms with Crippen LogP contribution in [0.5, 0.6) is 0 Å². The second-order valence-electron chi connectivity index (χ2n) is 3.79. The Morgan fingerprint density at radius 1 is 1.33 bits per heavy atom. The maximum Gasteiger partial charge on any atom is 0.224 e. The molecule has 2 heterocycles. The van der Waals surface area contributed by atoms with Gasteiger partial charge in [-0.3, -0.25) is 0 Å². The number of rotatable bonds is 5. The molecule has 0 spiro atoms. The molecule has 2 aromatic heterocycles. The first-order valence-corrected chi connectivity index (χ1v) is 7.35. The van der Waals surface area contributed by atoms with Crippen LogP contribution in [-0.2, 0) is 6.54 Å². The zero-order valence-electron chi connectivity index (χ0n) is 10.3. The van der Waals surface area contributed by atoms with Gasteiger partial charge in [-0.1, -0.05) is 0 Å². The first-order chi connectivity index (χ1) is 8.69. The predicted molar refractivity (Wildman–Crippen MR) is 80.3 cm³/mol. The van der Waals surface area contributed by atoms with E-state index in [2.05, 4.69) is 55.6 Å². The molecule has 0 fully saturated rings. The Morgan fingerprint density at radius 3 is 2.83 bits per heavy atom. The van der Waals surface area contributed by atoms with Crippen LogP contribution >= 0.6 is 27.3 Å². The molecule has 0 aliphatic carbocycles. The first-order valence-electron chi connectivity index (χ1n) is 5.74. The van der Waals surface area contributed by atoms with Gasteiger partial charge in [0.2, 0.25) is 5.95 Å². The zero-order chi connectivity index (χ0) is 13.0. The average Bonchev–Trinajstić information content (AvgIpc) is 2.76. The summed E-state index contributed by atoms with van der Waals surface area (Å²) in [5, 5.41) is 6.41. The van der Waals surface area contributed by atoms with Crippen molar-refractivity contribution in [2.45, 2.75) is 20.4 Å². The van der Waals surface area contributed by atoms with Gasteiger partial charge >= 0.3 is 0 Å². The van der Waals surface area contributed by atoms with Gasteiger partial charge in [-0.15, -0.1) is 11.3 Å². The molecule has 0 aliphatic rings. The molecule has 0 atom stereocenters. The summed E-state index contributed by atoms with van der Waals surface area (Å²) in [7, 11) is 0. The van der Waals surface area contributed by atoms with Crippen LogP contribution in [0.1, 0.15) is 16.7 Å². The number of anilines is 2. The SMILES string of the molecule is CCNc1ncc(Br)c(NCc2ccc(C)s2)n1. The van der Waals surface area contributed by atoms with Crippen LogP contribution in [-0.4, -0.2) is 16.5 Å². The van der Waals surface area contributed by atoms with Gasteiger partial charge in [0.05, 0.1) is 11.0 Å². The highest BCUT2D eigenvalue weighted by atomic mass is 79.9. The minimum absolute atomic E-state index is 0.644. The molecule has 2 rings (SSSR count). The van der Waals surface area contributed by atoms with Gasteiger partial charge in [-0.2, -0.15) is 4.98 Å². The Kier molecular flexibility index (Phi) is 4.54. The normalized spacial score (nSPS) is 10.4. The zero-order valence-corrected chi connectivity index (χ0v) is 12.7. The molecule has 4 nitrogen and oxygen atoms in total. The molecule has 0 aliphatic heterocycles. The van der Waals surface area contributed by atoms with E-state index < -0.39 is 0 Å². The molecule has 0 unspecified atom stereocenters. The van der Waals surface area contributed by atoms with Gasteiger partial charge in [0, 0.05) is 22.5 Å². The van der Waals surface area contributed by atoms with Gasteiger partial charge in [0.15, 0.2) is 0 Å². The Labute approximate surface area is 119 Å². The first kappa shape index (κ1) is 13.3. The molecule has 0 amide bonds. The lowest BCUT2D eigenvalue weighted by molar-refractivity contribution is 1.05. The van der Waals surface area contributed by atoms with E-state index in [1.807, 2.05) is 6.92 Å². The van der Waals surface area contributed by atoms with Crippen LogP contribution in [0.25, 0.3) is 0 Å². The van der Waals surface area contributed by atoms with Gasteiger partial charge < -0.3 is 10.6 Å². The highest BCUT2D eigenvalue weighted by Gasteiger charge is 2.05. The van der Waals surface area contributed by atoms with Crippen LogP contribution in [0.3, 0.4) is 0 Å². The summed E-state index contributed by atoms with van der Waals surface area (Å²) < 4.78 is 0.873. The summed E-state index contributed by atoms with van der Waals surface area (Å²) in [6, 6.07) is 4.26. The number of thiophene rings is 1. The molecular formula is C12H15BrN4S. The summed E-state index contributed by atoms with van der Waals surface area (Å²) in [6.07, 6.45) is 1.76. The summed E-state index contributed by atoms with van der Waals surface area (Å²) in [5.74, 6) is 1.46. The predicted octanol–water partition coefficient (Wildman–Crippen LogP) is 3.65. The van der Waals surface area contributed by atoms with Crippen molar-refractivity contribution < 1.29 is 0 Å². The van der Waals surface area contributed by atoms with E-state index in [0.717, 1.165) is 23.4 Å². The number of nitrogens with one attached hydrogen (secondary N) is 2. The van der Waals surface area contributed by atoms with Crippen molar-refractivity contribution in [3.05, 3.63) is 32.6 Å². The molecule has 0 bridgehead atoms. The topological polar surface area (TPSA) is 49.8 Å². The van der Waals surface area contributed by atoms with Crippen molar-refractivity contribution in [2.75, 3.05) is 17.2 Å². The number of halogens is 1. The lowest BCUT2D eigenvalue weighted by Crippen LogP contribution is -2.06. The maximum absolute atomic E-state index is 4.41. The molecule has 0 aromatic carbocycles.